The first-order chi connectivity index (χ1) is 9.87. The Morgan fingerprint density at radius 2 is 1.90 bits per heavy atom. The third-order valence-electron chi connectivity index (χ3n) is 2.93. The van der Waals surface area contributed by atoms with Gasteiger partial charge in [-0.2, -0.15) is 13.2 Å². The second kappa shape index (κ2) is 7.84. The van der Waals surface area contributed by atoms with Crippen LogP contribution in [-0.2, 0) is 0 Å². The van der Waals surface area contributed by atoms with Crippen molar-refractivity contribution in [1.82, 2.24) is 4.90 Å². The van der Waals surface area contributed by atoms with Crippen molar-refractivity contribution in [3.8, 4) is 0 Å². The lowest BCUT2D eigenvalue weighted by Gasteiger charge is -2.27. The van der Waals surface area contributed by atoms with Gasteiger partial charge >= 0.3 is 6.18 Å². The zero-order valence-electron chi connectivity index (χ0n) is 11.3. The molecule has 0 aliphatic carbocycles. The Kier molecular flexibility index (Phi) is 6.44. The molecule has 8 heteroatoms. The first kappa shape index (κ1) is 17.3. The molecule has 0 aliphatic heterocycles. The molecule has 0 saturated carbocycles. The number of aliphatic hydroxyl groups is 1. The van der Waals surface area contributed by atoms with Crippen LogP contribution in [0.1, 0.15) is 11.5 Å². The molecule has 0 spiro atoms. The Morgan fingerprint density at radius 3 is 2.38 bits per heavy atom. The number of nitrogens with two attached hydrogens (primary N) is 1. The van der Waals surface area contributed by atoms with Crippen LogP contribution in [-0.4, -0.2) is 53.5 Å². The lowest BCUT2D eigenvalue weighted by Crippen LogP contribution is -2.41. The Labute approximate surface area is 120 Å². The number of benzene rings is 1. The van der Waals surface area contributed by atoms with E-state index >= 15 is 0 Å². The molecule has 0 bridgehead atoms. The zero-order valence-corrected chi connectivity index (χ0v) is 11.3. The number of hydrogen-bond donors (Lipinski definition) is 3. The molecule has 0 radical (unpaired) electrons. The van der Waals surface area contributed by atoms with E-state index in [1.807, 2.05) is 0 Å². The Morgan fingerprint density at radius 1 is 1.29 bits per heavy atom. The van der Waals surface area contributed by atoms with E-state index in [0.717, 1.165) is 4.90 Å². The first-order valence-electron chi connectivity index (χ1n) is 6.29. The molecule has 0 amide bonds. The van der Waals surface area contributed by atoms with Gasteiger partial charge in [0.05, 0.1) is 19.1 Å². The van der Waals surface area contributed by atoms with Gasteiger partial charge in [-0.25, -0.2) is 0 Å². The van der Waals surface area contributed by atoms with Crippen molar-refractivity contribution in [3.63, 3.8) is 0 Å². The van der Waals surface area contributed by atoms with Gasteiger partial charge in [-0.15, -0.1) is 0 Å². The fourth-order valence-corrected chi connectivity index (χ4v) is 2.01. The number of hydrogen-bond acceptors (Lipinski definition) is 4. The maximum Gasteiger partial charge on any atom is 0.401 e. The summed E-state index contributed by atoms with van der Waals surface area (Å²) in [4.78, 5) is 1.02. The van der Waals surface area contributed by atoms with Gasteiger partial charge in [0.2, 0.25) is 0 Å². The van der Waals surface area contributed by atoms with Crippen molar-refractivity contribution in [2.75, 3.05) is 26.2 Å². The van der Waals surface area contributed by atoms with Crippen LogP contribution >= 0.6 is 0 Å². The number of aliphatic hydroxyl groups excluding tert-OH is 1. The normalized spacial score (nSPS) is 14.4. The summed E-state index contributed by atoms with van der Waals surface area (Å²) in [6.07, 6.45) is -4.39. The Hall–Kier alpha value is -1.80. The van der Waals surface area contributed by atoms with Gasteiger partial charge in [-0.3, -0.25) is 4.90 Å². The average molecular weight is 305 g/mol. The smallest absolute Gasteiger partial charge is 0.401 e. The number of halogens is 3. The number of rotatable bonds is 7. The molecule has 1 unspecified atom stereocenters. The van der Waals surface area contributed by atoms with E-state index in [1.165, 1.54) is 0 Å². The predicted molar refractivity (Wildman–Crippen MR) is 72.2 cm³/mol. The molecular weight excluding hydrogens is 287 g/mol. The summed E-state index contributed by atoms with van der Waals surface area (Å²) in [5, 5.41) is 20.6. The van der Waals surface area contributed by atoms with Crippen molar-refractivity contribution < 1.29 is 23.5 Å². The van der Waals surface area contributed by atoms with Gasteiger partial charge in [0, 0.05) is 13.1 Å². The van der Waals surface area contributed by atoms with Crippen LogP contribution in [0.2, 0.25) is 0 Å². The van der Waals surface area contributed by atoms with Crippen molar-refractivity contribution in [3.05, 3.63) is 35.9 Å². The molecular formula is C13H18F3N3O2. The van der Waals surface area contributed by atoms with E-state index in [2.05, 4.69) is 5.16 Å². The van der Waals surface area contributed by atoms with E-state index in [-0.39, 0.29) is 18.9 Å². The highest BCUT2D eigenvalue weighted by Gasteiger charge is 2.32. The van der Waals surface area contributed by atoms with Gasteiger partial charge in [0.1, 0.15) is 5.84 Å². The van der Waals surface area contributed by atoms with Crippen LogP contribution in [0, 0.1) is 0 Å². The van der Waals surface area contributed by atoms with Gasteiger partial charge < -0.3 is 16.0 Å². The molecule has 21 heavy (non-hydrogen) atoms. The molecule has 118 valence electrons. The summed E-state index contributed by atoms with van der Waals surface area (Å²) in [6.45, 7) is -1.84. The highest BCUT2D eigenvalue weighted by molar-refractivity contribution is 5.87. The zero-order chi connectivity index (χ0) is 15.9. The minimum atomic E-state index is -4.39. The molecule has 0 aliphatic rings. The lowest BCUT2D eigenvalue weighted by molar-refractivity contribution is -0.146. The van der Waals surface area contributed by atoms with E-state index in [4.69, 9.17) is 16.0 Å². The molecule has 5 nitrogen and oxygen atoms in total. The number of nitrogens with zero attached hydrogens (tertiary/aromatic N) is 2. The fraction of sp³-hybridized carbons (Fsp3) is 0.462. The van der Waals surface area contributed by atoms with E-state index in [1.54, 1.807) is 30.3 Å². The molecule has 1 aromatic carbocycles. The third kappa shape index (κ3) is 6.01. The van der Waals surface area contributed by atoms with Crippen molar-refractivity contribution in [1.29, 1.82) is 0 Å². The molecule has 1 rings (SSSR count). The fourth-order valence-electron chi connectivity index (χ4n) is 2.01. The SMILES string of the molecule is N/C(=N/O)C(CN(CCO)CC(F)(F)F)c1ccccc1. The summed E-state index contributed by atoms with van der Waals surface area (Å²) in [5.74, 6) is -0.864. The van der Waals surface area contributed by atoms with Crippen LogP contribution in [0.5, 0.6) is 0 Å². The summed E-state index contributed by atoms with van der Waals surface area (Å²) < 4.78 is 37.6. The molecule has 4 N–H and O–H groups in total. The standard InChI is InChI=1S/C13H18F3N3O2/c14-13(15,16)9-19(6-7-20)8-11(12(17)18-21)10-4-2-1-3-5-10/h1-5,11,20-21H,6-9H2,(H2,17,18). The van der Waals surface area contributed by atoms with Crippen LogP contribution in [0.3, 0.4) is 0 Å². The Balaban J connectivity index is 2.93. The molecule has 0 heterocycles. The molecule has 0 aromatic heterocycles. The van der Waals surface area contributed by atoms with Gasteiger partial charge in [0.25, 0.3) is 0 Å². The van der Waals surface area contributed by atoms with Crippen LogP contribution < -0.4 is 5.73 Å². The minimum absolute atomic E-state index is 0.111. The summed E-state index contributed by atoms with van der Waals surface area (Å²) in [6, 6.07) is 8.56. The first-order valence-corrected chi connectivity index (χ1v) is 6.29. The lowest BCUT2D eigenvalue weighted by atomic mass is 9.97. The van der Waals surface area contributed by atoms with Gasteiger partial charge in [-0.1, -0.05) is 35.5 Å². The number of oxime groups is 1. The van der Waals surface area contributed by atoms with E-state index in [0.29, 0.717) is 5.56 Å². The topological polar surface area (TPSA) is 82.1 Å². The Bertz CT molecular complexity index is 452. The molecule has 1 atom stereocenters. The highest BCUT2D eigenvalue weighted by atomic mass is 19.4. The summed E-state index contributed by atoms with van der Waals surface area (Å²) in [7, 11) is 0. The van der Waals surface area contributed by atoms with Gasteiger partial charge in [-0.05, 0) is 5.56 Å². The predicted octanol–water partition coefficient (Wildman–Crippen LogP) is 1.37. The number of alkyl halides is 3. The average Bonchev–Trinajstić information content (AvgIpc) is 2.43. The maximum atomic E-state index is 12.5. The third-order valence-corrected chi connectivity index (χ3v) is 2.93. The highest BCUT2D eigenvalue weighted by Crippen LogP contribution is 2.21. The minimum Gasteiger partial charge on any atom is -0.409 e. The number of amidine groups is 1. The largest absolute Gasteiger partial charge is 0.409 e. The van der Waals surface area contributed by atoms with Gasteiger partial charge in [0.15, 0.2) is 0 Å². The quantitative estimate of drug-likeness (QED) is 0.307. The van der Waals surface area contributed by atoms with Crippen molar-refractivity contribution in [2.45, 2.75) is 12.1 Å². The monoisotopic (exact) mass is 305 g/mol. The second-order valence-electron chi connectivity index (χ2n) is 4.56. The molecule has 0 saturated heterocycles. The summed E-state index contributed by atoms with van der Waals surface area (Å²) >= 11 is 0. The van der Waals surface area contributed by atoms with Crippen LogP contribution in [0.15, 0.2) is 35.5 Å². The summed E-state index contributed by atoms with van der Waals surface area (Å²) in [5.41, 5.74) is 6.22. The van der Waals surface area contributed by atoms with Crippen molar-refractivity contribution in [2.24, 2.45) is 10.9 Å². The van der Waals surface area contributed by atoms with E-state index in [9.17, 15) is 13.2 Å². The second-order valence-corrected chi connectivity index (χ2v) is 4.56. The maximum absolute atomic E-state index is 12.5. The van der Waals surface area contributed by atoms with Crippen LogP contribution in [0.4, 0.5) is 13.2 Å². The molecule has 0 fully saturated rings. The van der Waals surface area contributed by atoms with E-state index < -0.39 is 25.2 Å². The van der Waals surface area contributed by atoms with Crippen molar-refractivity contribution >= 4 is 5.84 Å². The van der Waals surface area contributed by atoms with Crippen LogP contribution in [0.25, 0.3) is 0 Å². The molecule has 1 aromatic rings.